The van der Waals surface area contributed by atoms with Crippen molar-refractivity contribution in [3.63, 3.8) is 0 Å². The Morgan fingerprint density at radius 1 is 1.00 bits per heavy atom. The molecular formula is C24H21Cl2N3O2. The van der Waals surface area contributed by atoms with Gasteiger partial charge in [0.15, 0.2) is 0 Å². The van der Waals surface area contributed by atoms with E-state index < -0.39 is 0 Å². The number of amides is 1. The lowest BCUT2D eigenvalue weighted by Gasteiger charge is -2.13. The van der Waals surface area contributed by atoms with Gasteiger partial charge in [0.1, 0.15) is 11.6 Å². The Hall–Kier alpha value is -3.02. The number of rotatable bonds is 7. The zero-order chi connectivity index (χ0) is 21.8. The summed E-state index contributed by atoms with van der Waals surface area (Å²) in [5.74, 6) is 1.43. The largest absolute Gasteiger partial charge is 0.497 e. The van der Waals surface area contributed by atoms with E-state index in [9.17, 15) is 4.79 Å². The Morgan fingerprint density at radius 2 is 1.71 bits per heavy atom. The predicted molar refractivity (Wildman–Crippen MR) is 124 cm³/mol. The van der Waals surface area contributed by atoms with Gasteiger partial charge in [-0.1, -0.05) is 41.4 Å². The zero-order valence-electron chi connectivity index (χ0n) is 16.9. The van der Waals surface area contributed by atoms with Gasteiger partial charge in [0.05, 0.1) is 24.7 Å². The van der Waals surface area contributed by atoms with Crippen LogP contribution in [0.3, 0.4) is 0 Å². The first kappa shape index (κ1) is 21.2. The summed E-state index contributed by atoms with van der Waals surface area (Å²) >= 11 is 12.8. The number of carbonyl (C=O) groups is 1. The van der Waals surface area contributed by atoms with Crippen LogP contribution in [0.15, 0.2) is 66.7 Å². The monoisotopic (exact) mass is 453 g/mol. The van der Waals surface area contributed by atoms with Crippen molar-refractivity contribution >= 4 is 40.1 Å². The van der Waals surface area contributed by atoms with E-state index in [4.69, 9.17) is 32.9 Å². The number of nitrogens with zero attached hydrogens (tertiary/aromatic N) is 2. The number of halogens is 2. The number of para-hydroxylation sites is 2. The number of benzene rings is 3. The molecule has 31 heavy (non-hydrogen) atoms. The highest BCUT2D eigenvalue weighted by atomic mass is 35.5. The second kappa shape index (κ2) is 9.41. The van der Waals surface area contributed by atoms with Gasteiger partial charge in [-0.15, -0.1) is 0 Å². The molecule has 0 fully saturated rings. The molecule has 0 unspecified atom stereocenters. The maximum absolute atomic E-state index is 12.5. The predicted octanol–water partition coefficient (Wildman–Crippen LogP) is 5.37. The minimum absolute atomic E-state index is 0.139. The first-order valence-electron chi connectivity index (χ1n) is 9.86. The SMILES string of the molecule is COc1ccc(C(=O)NCCc2nc3ccccc3n2Cc2c(Cl)cccc2Cl)cc1. The Balaban J connectivity index is 1.53. The van der Waals surface area contributed by atoms with Crippen molar-refractivity contribution in [2.75, 3.05) is 13.7 Å². The molecule has 0 aliphatic heterocycles. The van der Waals surface area contributed by atoms with Crippen LogP contribution in [0.25, 0.3) is 11.0 Å². The van der Waals surface area contributed by atoms with Gasteiger partial charge in [0, 0.05) is 34.1 Å². The molecule has 7 heteroatoms. The van der Waals surface area contributed by atoms with Gasteiger partial charge in [-0.2, -0.15) is 0 Å². The number of hydrogen-bond acceptors (Lipinski definition) is 3. The van der Waals surface area contributed by atoms with Crippen molar-refractivity contribution in [1.29, 1.82) is 0 Å². The van der Waals surface area contributed by atoms with Crippen LogP contribution in [0.5, 0.6) is 5.75 Å². The Bertz CT molecular complexity index is 1200. The van der Waals surface area contributed by atoms with Crippen LogP contribution in [0.4, 0.5) is 0 Å². The van der Waals surface area contributed by atoms with Crippen LogP contribution in [-0.4, -0.2) is 29.1 Å². The van der Waals surface area contributed by atoms with Crippen molar-refractivity contribution in [2.24, 2.45) is 0 Å². The lowest BCUT2D eigenvalue weighted by molar-refractivity contribution is 0.0954. The molecule has 1 heterocycles. The molecule has 158 valence electrons. The van der Waals surface area contributed by atoms with Crippen LogP contribution >= 0.6 is 23.2 Å². The smallest absolute Gasteiger partial charge is 0.251 e. The topological polar surface area (TPSA) is 56.1 Å². The molecule has 5 nitrogen and oxygen atoms in total. The quantitative estimate of drug-likeness (QED) is 0.408. The average molecular weight is 454 g/mol. The molecule has 0 aliphatic carbocycles. The third-order valence-electron chi connectivity index (χ3n) is 5.10. The summed E-state index contributed by atoms with van der Waals surface area (Å²) in [6, 6.07) is 20.4. The van der Waals surface area contributed by atoms with Gasteiger partial charge in [-0.05, 0) is 48.5 Å². The lowest BCUT2D eigenvalue weighted by Crippen LogP contribution is -2.26. The first-order valence-corrected chi connectivity index (χ1v) is 10.6. The van der Waals surface area contributed by atoms with Crippen LogP contribution in [0.2, 0.25) is 10.0 Å². The van der Waals surface area contributed by atoms with E-state index in [1.54, 1.807) is 31.4 Å². The highest BCUT2D eigenvalue weighted by Crippen LogP contribution is 2.27. The molecular weight excluding hydrogens is 433 g/mol. The highest BCUT2D eigenvalue weighted by Gasteiger charge is 2.14. The molecule has 0 atom stereocenters. The van der Waals surface area contributed by atoms with Crippen LogP contribution in [0.1, 0.15) is 21.7 Å². The Labute approximate surface area is 190 Å². The number of ether oxygens (including phenoxy) is 1. The second-order valence-electron chi connectivity index (χ2n) is 7.04. The van der Waals surface area contributed by atoms with Gasteiger partial charge in [0.25, 0.3) is 5.91 Å². The third-order valence-corrected chi connectivity index (χ3v) is 5.81. The van der Waals surface area contributed by atoms with E-state index in [-0.39, 0.29) is 5.91 Å². The lowest BCUT2D eigenvalue weighted by atomic mass is 10.2. The van der Waals surface area contributed by atoms with Crippen molar-refractivity contribution < 1.29 is 9.53 Å². The molecule has 0 aliphatic rings. The molecule has 0 radical (unpaired) electrons. The molecule has 0 saturated heterocycles. The second-order valence-corrected chi connectivity index (χ2v) is 7.85. The fraction of sp³-hybridized carbons (Fsp3) is 0.167. The first-order chi connectivity index (χ1) is 15.1. The van der Waals surface area contributed by atoms with E-state index >= 15 is 0 Å². The van der Waals surface area contributed by atoms with E-state index in [0.717, 1.165) is 22.4 Å². The number of aromatic nitrogens is 2. The van der Waals surface area contributed by atoms with Crippen molar-refractivity contribution in [1.82, 2.24) is 14.9 Å². The molecule has 0 saturated carbocycles. The summed E-state index contributed by atoms with van der Waals surface area (Å²) in [4.78, 5) is 17.2. The molecule has 0 spiro atoms. The minimum Gasteiger partial charge on any atom is -0.497 e. The summed E-state index contributed by atoms with van der Waals surface area (Å²) in [6.45, 7) is 0.950. The number of carbonyl (C=O) groups excluding carboxylic acids is 1. The van der Waals surface area contributed by atoms with Crippen LogP contribution in [0, 0.1) is 0 Å². The van der Waals surface area contributed by atoms with Crippen LogP contribution < -0.4 is 10.1 Å². The Kier molecular flexibility index (Phi) is 6.44. The Morgan fingerprint density at radius 3 is 2.42 bits per heavy atom. The summed E-state index contributed by atoms with van der Waals surface area (Å²) < 4.78 is 7.23. The van der Waals surface area contributed by atoms with E-state index in [1.807, 2.05) is 42.5 Å². The fourth-order valence-corrected chi connectivity index (χ4v) is 3.98. The van der Waals surface area contributed by atoms with Gasteiger partial charge >= 0.3 is 0 Å². The van der Waals surface area contributed by atoms with Gasteiger partial charge in [0.2, 0.25) is 0 Å². The maximum atomic E-state index is 12.5. The molecule has 4 aromatic rings. The minimum atomic E-state index is -0.139. The number of hydrogen-bond donors (Lipinski definition) is 1. The van der Waals surface area contributed by atoms with E-state index in [2.05, 4.69) is 9.88 Å². The third kappa shape index (κ3) is 4.68. The molecule has 1 amide bonds. The summed E-state index contributed by atoms with van der Waals surface area (Å²) in [6.07, 6.45) is 0.568. The number of imidazole rings is 1. The van der Waals surface area contributed by atoms with Gasteiger partial charge in [-0.3, -0.25) is 4.79 Å². The zero-order valence-corrected chi connectivity index (χ0v) is 18.5. The van der Waals surface area contributed by atoms with Gasteiger partial charge in [-0.25, -0.2) is 4.98 Å². The molecule has 3 aromatic carbocycles. The fourth-order valence-electron chi connectivity index (χ4n) is 3.47. The summed E-state index contributed by atoms with van der Waals surface area (Å²) in [7, 11) is 1.59. The molecule has 1 aromatic heterocycles. The van der Waals surface area contributed by atoms with Crippen LogP contribution in [-0.2, 0) is 13.0 Å². The maximum Gasteiger partial charge on any atom is 0.251 e. The summed E-state index contributed by atoms with van der Waals surface area (Å²) in [5, 5.41) is 4.19. The molecule has 4 rings (SSSR count). The van der Waals surface area contributed by atoms with E-state index in [1.165, 1.54) is 0 Å². The van der Waals surface area contributed by atoms with Crippen molar-refractivity contribution in [3.8, 4) is 5.75 Å². The van der Waals surface area contributed by atoms with E-state index in [0.29, 0.717) is 40.9 Å². The normalized spacial score (nSPS) is 10.9. The van der Waals surface area contributed by atoms with Crippen molar-refractivity contribution in [2.45, 2.75) is 13.0 Å². The average Bonchev–Trinajstić information content (AvgIpc) is 3.13. The number of fused-ring (bicyclic) bond motifs is 1. The number of methoxy groups -OCH3 is 1. The standard InChI is InChI=1S/C24H21Cl2N3O2/c1-31-17-11-9-16(10-12-17)24(30)27-14-13-23-28-21-7-2-3-8-22(21)29(23)15-18-19(25)5-4-6-20(18)26/h2-12H,13-15H2,1H3,(H,27,30). The summed E-state index contributed by atoms with van der Waals surface area (Å²) in [5.41, 5.74) is 3.31. The molecule has 1 N–H and O–H groups in total. The van der Waals surface area contributed by atoms with Crippen molar-refractivity contribution in [3.05, 3.63) is 93.7 Å². The van der Waals surface area contributed by atoms with Gasteiger partial charge < -0.3 is 14.6 Å². The number of nitrogens with one attached hydrogen (secondary N) is 1. The highest BCUT2D eigenvalue weighted by molar-refractivity contribution is 6.36. The molecule has 0 bridgehead atoms.